The van der Waals surface area contributed by atoms with Crippen molar-refractivity contribution in [2.24, 2.45) is 0 Å². The zero-order chi connectivity index (χ0) is 14.9. The molecule has 21 heavy (non-hydrogen) atoms. The van der Waals surface area contributed by atoms with Gasteiger partial charge in [0.05, 0.1) is 0 Å². The first-order valence-corrected chi connectivity index (χ1v) is 7.35. The maximum Gasteiger partial charge on any atom is 0.257 e. The van der Waals surface area contributed by atoms with Crippen LogP contribution in [-0.2, 0) is 4.79 Å². The lowest BCUT2D eigenvalue weighted by molar-refractivity contribution is -0.123. The highest BCUT2D eigenvalue weighted by molar-refractivity contribution is 5.78. The SMILES string of the molecule is CCCCNC(=O)COc1ccccc1-c1ccccc1. The van der Waals surface area contributed by atoms with E-state index in [1.165, 1.54) is 0 Å². The van der Waals surface area contributed by atoms with Crippen LogP contribution in [0.3, 0.4) is 0 Å². The highest BCUT2D eigenvalue weighted by atomic mass is 16.5. The van der Waals surface area contributed by atoms with Crippen LogP contribution in [0.1, 0.15) is 19.8 Å². The molecule has 3 nitrogen and oxygen atoms in total. The summed E-state index contributed by atoms with van der Waals surface area (Å²) in [6, 6.07) is 17.8. The monoisotopic (exact) mass is 283 g/mol. The second-order valence-corrected chi connectivity index (χ2v) is 4.85. The van der Waals surface area contributed by atoms with Crippen molar-refractivity contribution in [3.63, 3.8) is 0 Å². The van der Waals surface area contributed by atoms with Crippen LogP contribution in [0.25, 0.3) is 11.1 Å². The Hall–Kier alpha value is -2.29. The lowest BCUT2D eigenvalue weighted by Crippen LogP contribution is -2.29. The molecule has 1 amide bonds. The number of benzene rings is 2. The molecule has 0 fully saturated rings. The van der Waals surface area contributed by atoms with E-state index in [0.717, 1.165) is 29.7 Å². The Morgan fingerprint density at radius 2 is 1.76 bits per heavy atom. The first-order chi connectivity index (χ1) is 10.3. The van der Waals surface area contributed by atoms with Gasteiger partial charge in [-0.1, -0.05) is 61.9 Å². The van der Waals surface area contributed by atoms with Crippen molar-refractivity contribution in [1.82, 2.24) is 5.32 Å². The summed E-state index contributed by atoms with van der Waals surface area (Å²) in [5.74, 6) is 0.653. The van der Waals surface area contributed by atoms with E-state index in [1.807, 2.05) is 54.6 Å². The molecule has 0 aliphatic rings. The molecule has 0 aliphatic heterocycles. The first-order valence-electron chi connectivity index (χ1n) is 7.35. The van der Waals surface area contributed by atoms with E-state index < -0.39 is 0 Å². The normalized spacial score (nSPS) is 10.1. The van der Waals surface area contributed by atoms with Gasteiger partial charge >= 0.3 is 0 Å². The van der Waals surface area contributed by atoms with Gasteiger partial charge in [0.15, 0.2) is 6.61 Å². The van der Waals surface area contributed by atoms with Gasteiger partial charge in [-0.15, -0.1) is 0 Å². The number of carbonyl (C=O) groups excluding carboxylic acids is 1. The highest BCUT2D eigenvalue weighted by Gasteiger charge is 2.07. The minimum absolute atomic E-state index is 0.0492. The molecular weight excluding hydrogens is 262 g/mol. The second kappa shape index (κ2) is 8.10. The number of para-hydroxylation sites is 1. The van der Waals surface area contributed by atoms with Crippen molar-refractivity contribution in [3.05, 3.63) is 54.6 Å². The summed E-state index contributed by atoms with van der Waals surface area (Å²) in [7, 11) is 0. The molecule has 0 atom stereocenters. The van der Waals surface area contributed by atoms with Crippen molar-refractivity contribution in [1.29, 1.82) is 0 Å². The molecule has 0 bridgehead atoms. The molecular formula is C18H21NO2. The van der Waals surface area contributed by atoms with Gasteiger partial charge in [0.2, 0.25) is 0 Å². The molecule has 0 radical (unpaired) electrons. The molecule has 0 saturated heterocycles. The number of nitrogens with one attached hydrogen (secondary N) is 1. The molecule has 2 aromatic rings. The lowest BCUT2D eigenvalue weighted by Gasteiger charge is -2.11. The van der Waals surface area contributed by atoms with Crippen molar-refractivity contribution >= 4 is 5.91 Å². The highest BCUT2D eigenvalue weighted by Crippen LogP contribution is 2.29. The fourth-order valence-corrected chi connectivity index (χ4v) is 2.05. The lowest BCUT2D eigenvalue weighted by atomic mass is 10.1. The number of unbranched alkanes of at least 4 members (excludes halogenated alkanes) is 1. The fraction of sp³-hybridized carbons (Fsp3) is 0.278. The molecule has 3 heteroatoms. The maximum atomic E-state index is 11.7. The summed E-state index contributed by atoms with van der Waals surface area (Å²) in [5.41, 5.74) is 2.08. The van der Waals surface area contributed by atoms with Crippen molar-refractivity contribution < 1.29 is 9.53 Å². The molecule has 0 unspecified atom stereocenters. The van der Waals surface area contributed by atoms with Gasteiger partial charge in [0.1, 0.15) is 5.75 Å². The first kappa shape index (κ1) is 15.1. The van der Waals surface area contributed by atoms with Crippen molar-refractivity contribution in [3.8, 4) is 16.9 Å². The predicted molar refractivity (Wildman–Crippen MR) is 85.3 cm³/mol. The van der Waals surface area contributed by atoms with Crippen LogP contribution in [0.2, 0.25) is 0 Å². The van der Waals surface area contributed by atoms with Gasteiger partial charge in [-0.05, 0) is 18.1 Å². The van der Waals surface area contributed by atoms with Crippen molar-refractivity contribution in [2.45, 2.75) is 19.8 Å². The van der Waals surface area contributed by atoms with Gasteiger partial charge in [-0.2, -0.15) is 0 Å². The average Bonchev–Trinajstić information content (AvgIpc) is 2.54. The Balaban J connectivity index is 1.99. The van der Waals surface area contributed by atoms with E-state index in [4.69, 9.17) is 4.74 Å². The maximum absolute atomic E-state index is 11.7. The molecule has 2 aromatic carbocycles. The molecule has 2 rings (SSSR count). The molecule has 0 aliphatic carbocycles. The van der Waals surface area contributed by atoms with E-state index in [0.29, 0.717) is 6.54 Å². The summed E-state index contributed by atoms with van der Waals surface area (Å²) in [6.45, 7) is 2.85. The van der Waals surface area contributed by atoms with Crippen LogP contribution in [0, 0.1) is 0 Å². The summed E-state index contributed by atoms with van der Waals surface area (Å²) in [5, 5.41) is 2.85. The summed E-state index contributed by atoms with van der Waals surface area (Å²) in [6.07, 6.45) is 2.06. The third-order valence-electron chi connectivity index (χ3n) is 3.18. The predicted octanol–water partition coefficient (Wildman–Crippen LogP) is 3.65. The summed E-state index contributed by atoms with van der Waals surface area (Å²) >= 11 is 0. The van der Waals surface area contributed by atoms with E-state index in [-0.39, 0.29) is 12.5 Å². The van der Waals surface area contributed by atoms with Crippen LogP contribution in [-0.4, -0.2) is 19.1 Å². The molecule has 0 saturated carbocycles. The third-order valence-corrected chi connectivity index (χ3v) is 3.18. The Morgan fingerprint density at radius 1 is 1.05 bits per heavy atom. The van der Waals surface area contributed by atoms with Gasteiger partial charge < -0.3 is 10.1 Å². The standard InChI is InChI=1S/C18H21NO2/c1-2-3-13-19-18(20)14-21-17-12-8-7-11-16(17)15-9-5-4-6-10-15/h4-12H,2-3,13-14H2,1H3,(H,19,20). The zero-order valence-electron chi connectivity index (χ0n) is 12.3. The number of carbonyl (C=O) groups is 1. The number of rotatable bonds is 7. The third kappa shape index (κ3) is 4.63. The minimum atomic E-state index is -0.0775. The van der Waals surface area contributed by atoms with Gasteiger partial charge in [0, 0.05) is 12.1 Å². The quantitative estimate of drug-likeness (QED) is 0.788. The minimum Gasteiger partial charge on any atom is -0.483 e. The molecule has 110 valence electrons. The van der Waals surface area contributed by atoms with Crippen LogP contribution in [0.5, 0.6) is 5.75 Å². The largest absolute Gasteiger partial charge is 0.483 e. The Morgan fingerprint density at radius 3 is 2.52 bits per heavy atom. The Kier molecular flexibility index (Phi) is 5.83. The fourth-order valence-electron chi connectivity index (χ4n) is 2.05. The summed E-state index contributed by atoms with van der Waals surface area (Å²) in [4.78, 5) is 11.7. The molecule has 0 heterocycles. The number of hydrogen-bond acceptors (Lipinski definition) is 2. The van der Waals surface area contributed by atoms with E-state index in [2.05, 4.69) is 12.2 Å². The van der Waals surface area contributed by atoms with Crippen LogP contribution < -0.4 is 10.1 Å². The van der Waals surface area contributed by atoms with Gasteiger partial charge in [-0.25, -0.2) is 0 Å². The second-order valence-electron chi connectivity index (χ2n) is 4.85. The van der Waals surface area contributed by atoms with E-state index in [1.54, 1.807) is 0 Å². The van der Waals surface area contributed by atoms with E-state index >= 15 is 0 Å². The zero-order valence-corrected chi connectivity index (χ0v) is 12.3. The Labute approximate surface area is 126 Å². The van der Waals surface area contributed by atoms with E-state index in [9.17, 15) is 4.79 Å². The number of ether oxygens (including phenoxy) is 1. The Bertz CT molecular complexity index is 566. The number of amides is 1. The topological polar surface area (TPSA) is 38.3 Å². The average molecular weight is 283 g/mol. The van der Waals surface area contributed by atoms with Crippen LogP contribution in [0.4, 0.5) is 0 Å². The van der Waals surface area contributed by atoms with Crippen LogP contribution in [0.15, 0.2) is 54.6 Å². The molecule has 1 N–H and O–H groups in total. The molecule has 0 spiro atoms. The smallest absolute Gasteiger partial charge is 0.257 e. The summed E-state index contributed by atoms with van der Waals surface area (Å²) < 4.78 is 5.67. The van der Waals surface area contributed by atoms with Gasteiger partial charge in [0.25, 0.3) is 5.91 Å². The number of hydrogen-bond donors (Lipinski definition) is 1. The van der Waals surface area contributed by atoms with Gasteiger partial charge in [-0.3, -0.25) is 4.79 Å². The van der Waals surface area contributed by atoms with Crippen LogP contribution >= 0.6 is 0 Å². The van der Waals surface area contributed by atoms with Crippen molar-refractivity contribution in [2.75, 3.05) is 13.2 Å². The molecule has 0 aromatic heterocycles.